The molecule has 0 fully saturated rings. The predicted octanol–water partition coefficient (Wildman–Crippen LogP) is 1.70. The molecule has 0 saturated carbocycles. The summed E-state index contributed by atoms with van der Waals surface area (Å²) in [6.07, 6.45) is 9.73. The lowest BCUT2D eigenvalue weighted by atomic mass is 10.2. The SMILES string of the molecule is CCOCCCNc1nccn1CCc1cnn(C)c1. The first-order valence-corrected chi connectivity index (χ1v) is 7.10. The Hall–Kier alpha value is -1.82. The molecule has 0 aliphatic heterocycles. The van der Waals surface area contributed by atoms with Crippen molar-refractivity contribution in [2.75, 3.05) is 25.1 Å². The molecule has 20 heavy (non-hydrogen) atoms. The van der Waals surface area contributed by atoms with Gasteiger partial charge in [-0.25, -0.2) is 4.98 Å². The summed E-state index contributed by atoms with van der Waals surface area (Å²) < 4.78 is 9.28. The van der Waals surface area contributed by atoms with Crippen LogP contribution in [0, 0.1) is 0 Å². The largest absolute Gasteiger partial charge is 0.382 e. The zero-order chi connectivity index (χ0) is 14.2. The van der Waals surface area contributed by atoms with Crippen LogP contribution in [0.3, 0.4) is 0 Å². The Labute approximate surface area is 119 Å². The lowest BCUT2D eigenvalue weighted by molar-refractivity contribution is 0.147. The van der Waals surface area contributed by atoms with E-state index in [1.807, 2.05) is 43.4 Å². The van der Waals surface area contributed by atoms with Crippen molar-refractivity contribution in [3.63, 3.8) is 0 Å². The number of aromatic nitrogens is 4. The molecule has 0 aromatic carbocycles. The van der Waals surface area contributed by atoms with Gasteiger partial charge in [0.2, 0.25) is 5.95 Å². The molecule has 6 nitrogen and oxygen atoms in total. The van der Waals surface area contributed by atoms with Crippen LogP contribution in [0.15, 0.2) is 24.8 Å². The first-order valence-electron chi connectivity index (χ1n) is 7.10. The third kappa shape index (κ3) is 4.38. The molecule has 0 aliphatic rings. The quantitative estimate of drug-likeness (QED) is 0.709. The summed E-state index contributed by atoms with van der Waals surface area (Å²) in [7, 11) is 1.94. The van der Waals surface area contributed by atoms with E-state index in [1.54, 1.807) is 0 Å². The Morgan fingerprint density at radius 3 is 3.05 bits per heavy atom. The van der Waals surface area contributed by atoms with Gasteiger partial charge in [0.15, 0.2) is 0 Å². The van der Waals surface area contributed by atoms with Crippen LogP contribution in [0.5, 0.6) is 0 Å². The summed E-state index contributed by atoms with van der Waals surface area (Å²) in [5, 5.41) is 7.52. The summed E-state index contributed by atoms with van der Waals surface area (Å²) in [6.45, 7) is 5.36. The number of hydrogen-bond acceptors (Lipinski definition) is 4. The average molecular weight is 277 g/mol. The van der Waals surface area contributed by atoms with Gasteiger partial charge in [-0.3, -0.25) is 4.68 Å². The molecular weight excluding hydrogens is 254 g/mol. The van der Waals surface area contributed by atoms with Crippen molar-refractivity contribution in [3.8, 4) is 0 Å². The fourth-order valence-electron chi connectivity index (χ4n) is 2.03. The van der Waals surface area contributed by atoms with Gasteiger partial charge in [-0.15, -0.1) is 0 Å². The third-order valence-corrected chi connectivity index (χ3v) is 3.07. The van der Waals surface area contributed by atoms with Gasteiger partial charge in [0.1, 0.15) is 0 Å². The lowest BCUT2D eigenvalue weighted by Crippen LogP contribution is -2.11. The molecule has 2 heterocycles. The molecule has 0 amide bonds. The van der Waals surface area contributed by atoms with Crippen molar-refractivity contribution >= 4 is 5.95 Å². The summed E-state index contributed by atoms with van der Waals surface area (Å²) in [5.41, 5.74) is 1.24. The smallest absolute Gasteiger partial charge is 0.202 e. The maximum atomic E-state index is 5.31. The topological polar surface area (TPSA) is 56.9 Å². The second-order valence-corrected chi connectivity index (χ2v) is 4.69. The number of rotatable bonds is 9. The molecular formula is C14H23N5O. The van der Waals surface area contributed by atoms with Gasteiger partial charge < -0.3 is 14.6 Å². The third-order valence-electron chi connectivity index (χ3n) is 3.07. The second kappa shape index (κ2) is 7.69. The molecule has 0 spiro atoms. The van der Waals surface area contributed by atoms with E-state index in [1.165, 1.54) is 5.56 Å². The van der Waals surface area contributed by atoms with E-state index < -0.39 is 0 Å². The minimum Gasteiger partial charge on any atom is -0.382 e. The average Bonchev–Trinajstić information content (AvgIpc) is 3.05. The van der Waals surface area contributed by atoms with Crippen molar-refractivity contribution in [1.82, 2.24) is 19.3 Å². The Balaban J connectivity index is 1.76. The molecule has 0 aliphatic carbocycles. The van der Waals surface area contributed by atoms with E-state index in [4.69, 9.17) is 4.74 Å². The monoisotopic (exact) mass is 277 g/mol. The van der Waals surface area contributed by atoms with Crippen LogP contribution < -0.4 is 5.32 Å². The number of imidazole rings is 1. The second-order valence-electron chi connectivity index (χ2n) is 4.69. The summed E-state index contributed by atoms with van der Waals surface area (Å²) in [4.78, 5) is 4.34. The van der Waals surface area contributed by atoms with Gasteiger partial charge in [-0.05, 0) is 25.3 Å². The maximum Gasteiger partial charge on any atom is 0.202 e. The fourth-order valence-corrected chi connectivity index (χ4v) is 2.03. The molecule has 1 N–H and O–H groups in total. The van der Waals surface area contributed by atoms with Crippen molar-refractivity contribution in [2.24, 2.45) is 7.05 Å². The predicted molar refractivity (Wildman–Crippen MR) is 78.7 cm³/mol. The van der Waals surface area contributed by atoms with Crippen LogP contribution in [0.2, 0.25) is 0 Å². The normalized spacial score (nSPS) is 10.9. The Bertz CT molecular complexity index is 505. The fraction of sp³-hybridized carbons (Fsp3) is 0.571. The molecule has 2 aromatic rings. The number of nitrogens with zero attached hydrogens (tertiary/aromatic N) is 4. The first-order chi connectivity index (χ1) is 9.79. The van der Waals surface area contributed by atoms with Crippen molar-refractivity contribution in [2.45, 2.75) is 26.3 Å². The Morgan fingerprint density at radius 1 is 1.40 bits per heavy atom. The van der Waals surface area contributed by atoms with E-state index in [-0.39, 0.29) is 0 Å². The summed E-state index contributed by atoms with van der Waals surface area (Å²) in [6, 6.07) is 0. The van der Waals surface area contributed by atoms with Crippen molar-refractivity contribution < 1.29 is 4.74 Å². The minimum absolute atomic E-state index is 0.778. The molecule has 0 radical (unpaired) electrons. The van der Waals surface area contributed by atoms with Crippen molar-refractivity contribution in [1.29, 1.82) is 0 Å². The number of nitrogens with one attached hydrogen (secondary N) is 1. The van der Waals surface area contributed by atoms with Crippen LogP contribution >= 0.6 is 0 Å². The van der Waals surface area contributed by atoms with E-state index in [0.717, 1.165) is 45.1 Å². The van der Waals surface area contributed by atoms with Gasteiger partial charge in [0.05, 0.1) is 6.20 Å². The number of anilines is 1. The highest BCUT2D eigenvalue weighted by Crippen LogP contribution is 2.07. The lowest BCUT2D eigenvalue weighted by Gasteiger charge is -2.09. The van der Waals surface area contributed by atoms with Gasteiger partial charge in [0, 0.05) is 51.9 Å². The number of hydrogen-bond donors (Lipinski definition) is 1. The summed E-state index contributed by atoms with van der Waals surface area (Å²) in [5.74, 6) is 0.922. The first kappa shape index (κ1) is 14.6. The van der Waals surface area contributed by atoms with Crippen LogP contribution in [0.4, 0.5) is 5.95 Å². The molecule has 2 rings (SSSR count). The van der Waals surface area contributed by atoms with Gasteiger partial charge in [-0.2, -0.15) is 5.10 Å². The molecule has 0 unspecified atom stereocenters. The van der Waals surface area contributed by atoms with E-state index >= 15 is 0 Å². The van der Waals surface area contributed by atoms with Crippen LogP contribution in [-0.2, 0) is 24.8 Å². The standard InChI is InChI=1S/C14H23N5O/c1-3-20-10-4-6-15-14-16-7-9-19(14)8-5-13-11-17-18(2)12-13/h7,9,11-12H,3-6,8,10H2,1-2H3,(H,15,16). The number of ether oxygens (including phenoxy) is 1. The molecule has 110 valence electrons. The molecule has 0 bridgehead atoms. The highest BCUT2D eigenvalue weighted by Gasteiger charge is 2.03. The minimum atomic E-state index is 0.778. The highest BCUT2D eigenvalue weighted by atomic mass is 16.5. The zero-order valence-electron chi connectivity index (χ0n) is 12.2. The van der Waals surface area contributed by atoms with E-state index in [0.29, 0.717) is 0 Å². The van der Waals surface area contributed by atoms with Gasteiger partial charge in [-0.1, -0.05) is 0 Å². The Morgan fingerprint density at radius 2 is 2.30 bits per heavy atom. The summed E-state index contributed by atoms with van der Waals surface area (Å²) >= 11 is 0. The zero-order valence-corrected chi connectivity index (χ0v) is 12.2. The molecule has 0 atom stereocenters. The van der Waals surface area contributed by atoms with Crippen LogP contribution in [0.1, 0.15) is 18.9 Å². The van der Waals surface area contributed by atoms with Crippen molar-refractivity contribution in [3.05, 3.63) is 30.4 Å². The Kier molecular flexibility index (Phi) is 5.61. The molecule has 2 aromatic heterocycles. The number of aryl methyl sites for hydroxylation is 3. The van der Waals surface area contributed by atoms with Gasteiger partial charge >= 0.3 is 0 Å². The maximum absolute atomic E-state index is 5.31. The molecule has 6 heteroatoms. The van der Waals surface area contributed by atoms with E-state index in [9.17, 15) is 0 Å². The highest BCUT2D eigenvalue weighted by molar-refractivity contribution is 5.25. The molecule has 0 saturated heterocycles. The van der Waals surface area contributed by atoms with Gasteiger partial charge in [0.25, 0.3) is 0 Å². The van der Waals surface area contributed by atoms with E-state index in [2.05, 4.69) is 20.0 Å². The van der Waals surface area contributed by atoms with Crippen LogP contribution in [-0.4, -0.2) is 39.1 Å². The van der Waals surface area contributed by atoms with Crippen LogP contribution in [0.25, 0.3) is 0 Å².